The van der Waals surface area contributed by atoms with Crippen molar-refractivity contribution in [2.45, 2.75) is 24.8 Å². The van der Waals surface area contributed by atoms with Gasteiger partial charge in [0.1, 0.15) is 0 Å². The van der Waals surface area contributed by atoms with Crippen LogP contribution < -0.4 is 5.73 Å². The molecule has 0 aliphatic heterocycles. The molecule has 6 nitrogen and oxygen atoms in total. The maximum absolute atomic E-state index is 12.2. The van der Waals surface area contributed by atoms with Crippen LogP contribution in [0.4, 0.5) is 0 Å². The van der Waals surface area contributed by atoms with Crippen molar-refractivity contribution in [3.8, 4) is 0 Å². The lowest BCUT2D eigenvalue weighted by molar-refractivity contribution is 0.311. The second kappa shape index (κ2) is 5.36. The van der Waals surface area contributed by atoms with Gasteiger partial charge in [0.2, 0.25) is 10.0 Å². The first-order valence-corrected chi connectivity index (χ1v) is 6.77. The van der Waals surface area contributed by atoms with Gasteiger partial charge in [-0.2, -0.15) is 4.31 Å². The molecule has 1 atom stereocenters. The van der Waals surface area contributed by atoms with Crippen molar-refractivity contribution in [1.82, 2.24) is 4.31 Å². The number of aryl methyl sites for hydroxylation is 1. The van der Waals surface area contributed by atoms with Crippen LogP contribution in [-0.2, 0) is 10.0 Å². The summed E-state index contributed by atoms with van der Waals surface area (Å²) in [6.07, 6.45) is 0. The van der Waals surface area contributed by atoms with E-state index in [1.54, 1.807) is 19.1 Å². The Morgan fingerprint density at radius 3 is 2.33 bits per heavy atom. The molecule has 0 aromatic heterocycles. The van der Waals surface area contributed by atoms with Gasteiger partial charge in [0.25, 0.3) is 0 Å². The topological polar surface area (TPSA) is 96.0 Å². The first-order valence-electron chi connectivity index (χ1n) is 5.33. The van der Waals surface area contributed by atoms with Crippen LogP contribution in [0.1, 0.15) is 12.5 Å². The Labute approximate surface area is 107 Å². The second-order valence-electron chi connectivity index (χ2n) is 4.04. The van der Waals surface area contributed by atoms with Crippen LogP contribution >= 0.6 is 0 Å². The SMILES string of the molecule is Cc1ccc(S(=O)(=O)N(C)C(C)C(N)=NO)cc1. The van der Waals surface area contributed by atoms with Crippen molar-refractivity contribution < 1.29 is 13.6 Å². The van der Waals surface area contributed by atoms with Gasteiger partial charge in [-0.1, -0.05) is 22.9 Å². The third kappa shape index (κ3) is 2.80. The summed E-state index contributed by atoms with van der Waals surface area (Å²) >= 11 is 0. The summed E-state index contributed by atoms with van der Waals surface area (Å²) < 4.78 is 25.5. The Bertz CT molecular complexity index is 537. The molecule has 0 fully saturated rings. The minimum Gasteiger partial charge on any atom is -0.409 e. The molecule has 0 saturated carbocycles. The van der Waals surface area contributed by atoms with E-state index in [4.69, 9.17) is 10.9 Å². The summed E-state index contributed by atoms with van der Waals surface area (Å²) in [4.78, 5) is 0.174. The minimum absolute atomic E-state index is 0.159. The summed E-state index contributed by atoms with van der Waals surface area (Å²) in [5.41, 5.74) is 6.38. The number of benzene rings is 1. The van der Waals surface area contributed by atoms with Gasteiger partial charge < -0.3 is 10.9 Å². The fourth-order valence-electron chi connectivity index (χ4n) is 1.35. The Morgan fingerprint density at radius 1 is 1.39 bits per heavy atom. The third-order valence-electron chi connectivity index (χ3n) is 2.79. The lowest BCUT2D eigenvalue weighted by Gasteiger charge is -2.23. The van der Waals surface area contributed by atoms with Crippen LogP contribution in [0.2, 0.25) is 0 Å². The van der Waals surface area contributed by atoms with Crippen molar-refractivity contribution in [1.29, 1.82) is 0 Å². The smallest absolute Gasteiger partial charge is 0.243 e. The number of nitrogens with two attached hydrogens (primary N) is 1. The highest BCUT2D eigenvalue weighted by atomic mass is 32.2. The molecule has 0 bridgehead atoms. The van der Waals surface area contributed by atoms with Crippen LogP contribution in [0, 0.1) is 6.92 Å². The summed E-state index contributed by atoms with van der Waals surface area (Å²) in [6.45, 7) is 3.42. The van der Waals surface area contributed by atoms with Crippen LogP contribution in [0.5, 0.6) is 0 Å². The molecule has 18 heavy (non-hydrogen) atoms. The molecule has 0 aliphatic carbocycles. The van der Waals surface area contributed by atoms with E-state index in [1.165, 1.54) is 19.2 Å². The summed E-state index contributed by atoms with van der Waals surface area (Å²) in [7, 11) is -2.26. The van der Waals surface area contributed by atoms with E-state index in [0.717, 1.165) is 9.87 Å². The third-order valence-corrected chi connectivity index (χ3v) is 4.73. The van der Waals surface area contributed by atoms with Gasteiger partial charge in [0, 0.05) is 7.05 Å². The molecule has 1 aromatic carbocycles. The Kier molecular flexibility index (Phi) is 4.31. The quantitative estimate of drug-likeness (QED) is 0.365. The normalized spacial score (nSPS) is 14.8. The zero-order valence-corrected chi connectivity index (χ0v) is 11.3. The second-order valence-corrected chi connectivity index (χ2v) is 6.03. The Morgan fingerprint density at radius 2 is 1.89 bits per heavy atom. The molecule has 0 amide bonds. The van der Waals surface area contributed by atoms with E-state index in [0.29, 0.717) is 0 Å². The lowest BCUT2D eigenvalue weighted by Crippen LogP contribution is -2.43. The van der Waals surface area contributed by atoms with Crippen LogP contribution in [0.25, 0.3) is 0 Å². The standard InChI is InChI=1S/C11H17N3O3S/c1-8-4-6-10(7-5-8)18(16,17)14(3)9(2)11(12)13-15/h4-7,9,15H,1-3H3,(H2,12,13). The van der Waals surface area contributed by atoms with Gasteiger partial charge >= 0.3 is 0 Å². The van der Waals surface area contributed by atoms with Gasteiger partial charge in [-0.05, 0) is 26.0 Å². The van der Waals surface area contributed by atoms with E-state index in [2.05, 4.69) is 5.16 Å². The maximum Gasteiger partial charge on any atom is 0.243 e. The molecule has 7 heteroatoms. The molecule has 100 valence electrons. The van der Waals surface area contributed by atoms with Gasteiger partial charge in [0.15, 0.2) is 5.84 Å². The highest BCUT2D eigenvalue weighted by Crippen LogP contribution is 2.17. The molecule has 0 aliphatic rings. The maximum atomic E-state index is 12.2. The number of oxime groups is 1. The van der Waals surface area contributed by atoms with E-state index >= 15 is 0 Å². The zero-order chi connectivity index (χ0) is 13.9. The first-order chi connectivity index (χ1) is 8.30. The summed E-state index contributed by atoms with van der Waals surface area (Å²) in [6, 6.07) is 5.77. The van der Waals surface area contributed by atoms with Crippen molar-refractivity contribution in [3.63, 3.8) is 0 Å². The van der Waals surface area contributed by atoms with Gasteiger partial charge in [-0.3, -0.25) is 0 Å². The summed E-state index contributed by atoms with van der Waals surface area (Å²) in [5.74, 6) is -0.159. The lowest BCUT2D eigenvalue weighted by atomic mass is 10.2. The molecule has 1 rings (SSSR count). The summed E-state index contributed by atoms with van der Waals surface area (Å²) in [5, 5.41) is 11.4. The molecule has 0 radical (unpaired) electrons. The largest absolute Gasteiger partial charge is 0.409 e. The number of rotatable bonds is 4. The van der Waals surface area contributed by atoms with Crippen molar-refractivity contribution in [3.05, 3.63) is 29.8 Å². The molecule has 0 saturated heterocycles. The van der Waals surface area contributed by atoms with Crippen LogP contribution in [-0.4, -0.2) is 36.9 Å². The fourth-order valence-corrected chi connectivity index (χ4v) is 2.69. The fraction of sp³-hybridized carbons (Fsp3) is 0.364. The average Bonchev–Trinajstić information content (AvgIpc) is 2.36. The molecular formula is C11H17N3O3S. The minimum atomic E-state index is -3.65. The van der Waals surface area contributed by atoms with Gasteiger partial charge in [-0.15, -0.1) is 0 Å². The highest BCUT2D eigenvalue weighted by Gasteiger charge is 2.27. The predicted molar refractivity (Wildman–Crippen MR) is 69.0 cm³/mol. The molecule has 0 heterocycles. The average molecular weight is 271 g/mol. The molecule has 0 spiro atoms. The van der Waals surface area contributed by atoms with Crippen molar-refractivity contribution in [2.75, 3.05) is 7.05 Å². The number of nitrogens with zero attached hydrogens (tertiary/aromatic N) is 2. The molecular weight excluding hydrogens is 254 g/mol. The number of hydrogen-bond acceptors (Lipinski definition) is 4. The first kappa shape index (κ1) is 14.5. The number of amidine groups is 1. The Balaban J connectivity index is 3.11. The van der Waals surface area contributed by atoms with Crippen molar-refractivity contribution in [2.24, 2.45) is 10.9 Å². The van der Waals surface area contributed by atoms with E-state index < -0.39 is 16.1 Å². The van der Waals surface area contributed by atoms with Gasteiger partial charge in [-0.25, -0.2) is 8.42 Å². The highest BCUT2D eigenvalue weighted by molar-refractivity contribution is 7.89. The van der Waals surface area contributed by atoms with E-state index in [1.807, 2.05) is 6.92 Å². The van der Waals surface area contributed by atoms with E-state index in [-0.39, 0.29) is 10.7 Å². The van der Waals surface area contributed by atoms with Crippen molar-refractivity contribution >= 4 is 15.9 Å². The number of likely N-dealkylation sites (N-methyl/N-ethyl adjacent to an activating group) is 1. The van der Waals surface area contributed by atoms with Crippen LogP contribution in [0.15, 0.2) is 34.3 Å². The zero-order valence-electron chi connectivity index (χ0n) is 10.5. The van der Waals surface area contributed by atoms with Gasteiger partial charge in [0.05, 0.1) is 10.9 Å². The molecule has 3 N–H and O–H groups in total. The number of hydrogen-bond donors (Lipinski definition) is 2. The Hall–Kier alpha value is -1.60. The van der Waals surface area contributed by atoms with E-state index in [9.17, 15) is 8.42 Å². The monoisotopic (exact) mass is 271 g/mol. The molecule has 1 aromatic rings. The molecule has 1 unspecified atom stereocenters. The predicted octanol–water partition coefficient (Wildman–Crippen LogP) is 0.750. The van der Waals surface area contributed by atoms with Crippen LogP contribution in [0.3, 0.4) is 0 Å². The number of sulfonamides is 1.